The molecule has 2 heteroatoms. The first-order chi connectivity index (χ1) is 5.36. The van der Waals surface area contributed by atoms with Crippen LogP contribution >= 0.6 is 0 Å². The SMILES string of the molecule is CN1CNC2CCCCC2C1. The lowest BCUT2D eigenvalue weighted by Gasteiger charge is -2.40. The van der Waals surface area contributed by atoms with Gasteiger partial charge in [0.2, 0.25) is 0 Å². The van der Waals surface area contributed by atoms with Crippen LogP contribution in [-0.4, -0.2) is 31.2 Å². The molecule has 1 saturated heterocycles. The number of rotatable bonds is 0. The second-order valence-corrected chi connectivity index (χ2v) is 4.05. The Labute approximate surface area is 69.0 Å². The molecule has 1 N–H and O–H groups in total. The van der Waals surface area contributed by atoms with Crippen molar-refractivity contribution in [1.82, 2.24) is 10.2 Å². The van der Waals surface area contributed by atoms with Gasteiger partial charge in [0.05, 0.1) is 0 Å². The molecule has 64 valence electrons. The lowest BCUT2D eigenvalue weighted by molar-refractivity contribution is 0.119. The zero-order valence-electron chi connectivity index (χ0n) is 7.34. The molecule has 0 bridgehead atoms. The average Bonchev–Trinajstić information content (AvgIpc) is 2.04. The summed E-state index contributed by atoms with van der Waals surface area (Å²) in [5.41, 5.74) is 0. The molecule has 0 aromatic carbocycles. The highest BCUT2D eigenvalue weighted by molar-refractivity contribution is 4.85. The van der Waals surface area contributed by atoms with Gasteiger partial charge in [0, 0.05) is 19.3 Å². The van der Waals surface area contributed by atoms with E-state index < -0.39 is 0 Å². The van der Waals surface area contributed by atoms with Crippen LogP contribution < -0.4 is 5.32 Å². The third-order valence-electron chi connectivity index (χ3n) is 3.08. The van der Waals surface area contributed by atoms with E-state index in [-0.39, 0.29) is 0 Å². The fraction of sp³-hybridized carbons (Fsp3) is 1.00. The van der Waals surface area contributed by atoms with Crippen LogP contribution in [0, 0.1) is 5.92 Å². The second-order valence-electron chi connectivity index (χ2n) is 4.05. The van der Waals surface area contributed by atoms with Gasteiger partial charge >= 0.3 is 0 Å². The Morgan fingerprint density at radius 2 is 2.09 bits per heavy atom. The van der Waals surface area contributed by atoms with Gasteiger partial charge in [0.25, 0.3) is 0 Å². The van der Waals surface area contributed by atoms with Crippen molar-refractivity contribution in [3.05, 3.63) is 0 Å². The quantitative estimate of drug-likeness (QED) is 0.561. The monoisotopic (exact) mass is 154 g/mol. The number of nitrogens with zero attached hydrogens (tertiary/aromatic N) is 1. The first-order valence-electron chi connectivity index (χ1n) is 4.78. The Hall–Kier alpha value is -0.0800. The minimum Gasteiger partial charge on any atom is -0.301 e. The molecular weight excluding hydrogens is 136 g/mol. The third-order valence-corrected chi connectivity index (χ3v) is 3.08. The van der Waals surface area contributed by atoms with E-state index in [1.54, 1.807) is 0 Å². The molecule has 1 saturated carbocycles. The van der Waals surface area contributed by atoms with Crippen molar-refractivity contribution in [2.45, 2.75) is 31.7 Å². The molecule has 2 nitrogen and oxygen atoms in total. The summed E-state index contributed by atoms with van der Waals surface area (Å²) in [5, 5.41) is 3.60. The molecular formula is C9H18N2. The molecule has 0 radical (unpaired) electrons. The lowest BCUT2D eigenvalue weighted by Crippen LogP contribution is -2.53. The van der Waals surface area contributed by atoms with Crippen molar-refractivity contribution in [3.63, 3.8) is 0 Å². The molecule has 0 aromatic rings. The van der Waals surface area contributed by atoms with E-state index in [0.717, 1.165) is 18.6 Å². The Morgan fingerprint density at radius 3 is 3.00 bits per heavy atom. The van der Waals surface area contributed by atoms with Crippen LogP contribution in [-0.2, 0) is 0 Å². The van der Waals surface area contributed by atoms with Gasteiger partial charge in [-0.3, -0.25) is 4.90 Å². The van der Waals surface area contributed by atoms with Gasteiger partial charge in [-0.25, -0.2) is 0 Å². The summed E-state index contributed by atoms with van der Waals surface area (Å²) in [5.74, 6) is 0.947. The Bertz CT molecular complexity index is 136. The van der Waals surface area contributed by atoms with E-state index in [1.807, 2.05) is 0 Å². The summed E-state index contributed by atoms with van der Waals surface area (Å²) in [7, 11) is 2.21. The zero-order chi connectivity index (χ0) is 7.68. The largest absolute Gasteiger partial charge is 0.301 e. The van der Waals surface area contributed by atoms with Gasteiger partial charge in [0.15, 0.2) is 0 Å². The summed E-state index contributed by atoms with van der Waals surface area (Å²) in [6.07, 6.45) is 5.76. The van der Waals surface area contributed by atoms with Crippen LogP contribution in [0.25, 0.3) is 0 Å². The van der Waals surface area contributed by atoms with Crippen LogP contribution in [0.4, 0.5) is 0 Å². The molecule has 2 atom stereocenters. The summed E-state index contributed by atoms with van der Waals surface area (Å²) >= 11 is 0. The first-order valence-corrected chi connectivity index (χ1v) is 4.78. The second kappa shape index (κ2) is 3.11. The highest BCUT2D eigenvalue weighted by Gasteiger charge is 2.28. The van der Waals surface area contributed by atoms with Gasteiger partial charge in [0.1, 0.15) is 0 Å². The van der Waals surface area contributed by atoms with Crippen LogP contribution in [0.2, 0.25) is 0 Å². The molecule has 11 heavy (non-hydrogen) atoms. The van der Waals surface area contributed by atoms with E-state index in [2.05, 4.69) is 17.3 Å². The van der Waals surface area contributed by atoms with Crippen molar-refractivity contribution in [2.75, 3.05) is 20.3 Å². The Morgan fingerprint density at radius 1 is 1.27 bits per heavy atom. The molecule has 2 rings (SSSR count). The molecule has 0 spiro atoms. The van der Waals surface area contributed by atoms with Crippen molar-refractivity contribution in [1.29, 1.82) is 0 Å². The van der Waals surface area contributed by atoms with Gasteiger partial charge < -0.3 is 5.32 Å². The highest BCUT2D eigenvalue weighted by atomic mass is 15.2. The fourth-order valence-corrected chi connectivity index (χ4v) is 2.43. The van der Waals surface area contributed by atoms with Crippen LogP contribution in [0.15, 0.2) is 0 Å². The fourth-order valence-electron chi connectivity index (χ4n) is 2.43. The predicted molar refractivity (Wildman–Crippen MR) is 46.4 cm³/mol. The maximum Gasteiger partial charge on any atom is 0.0479 e. The van der Waals surface area contributed by atoms with E-state index in [0.29, 0.717) is 0 Å². The molecule has 0 aromatic heterocycles. The highest BCUT2D eigenvalue weighted by Crippen LogP contribution is 2.26. The van der Waals surface area contributed by atoms with Gasteiger partial charge in [-0.2, -0.15) is 0 Å². The van der Waals surface area contributed by atoms with E-state index in [1.165, 1.54) is 32.2 Å². The number of nitrogens with one attached hydrogen (secondary N) is 1. The number of fused-ring (bicyclic) bond motifs is 1. The van der Waals surface area contributed by atoms with E-state index >= 15 is 0 Å². The Kier molecular flexibility index (Phi) is 2.14. The molecule has 1 heterocycles. The van der Waals surface area contributed by atoms with Crippen LogP contribution in [0.1, 0.15) is 25.7 Å². The predicted octanol–water partition coefficient (Wildman–Crippen LogP) is 1.04. The molecule has 1 aliphatic carbocycles. The molecule has 2 unspecified atom stereocenters. The summed E-state index contributed by atoms with van der Waals surface area (Å²) in [4.78, 5) is 2.40. The van der Waals surface area contributed by atoms with Crippen molar-refractivity contribution >= 4 is 0 Å². The Balaban J connectivity index is 1.93. The minimum atomic E-state index is 0.847. The summed E-state index contributed by atoms with van der Waals surface area (Å²) in [6.45, 7) is 2.42. The summed E-state index contributed by atoms with van der Waals surface area (Å²) in [6, 6.07) is 0.847. The van der Waals surface area contributed by atoms with E-state index in [9.17, 15) is 0 Å². The van der Waals surface area contributed by atoms with Crippen LogP contribution in [0.3, 0.4) is 0 Å². The number of hydrogen-bond donors (Lipinski definition) is 1. The number of hydrogen-bond acceptors (Lipinski definition) is 2. The maximum absolute atomic E-state index is 3.60. The van der Waals surface area contributed by atoms with Crippen molar-refractivity contribution < 1.29 is 0 Å². The smallest absolute Gasteiger partial charge is 0.0479 e. The normalized spacial score (nSPS) is 40.1. The topological polar surface area (TPSA) is 15.3 Å². The van der Waals surface area contributed by atoms with Crippen molar-refractivity contribution in [3.8, 4) is 0 Å². The molecule has 1 aliphatic heterocycles. The maximum atomic E-state index is 3.60. The zero-order valence-corrected chi connectivity index (χ0v) is 7.34. The third kappa shape index (κ3) is 1.57. The molecule has 2 fully saturated rings. The minimum absolute atomic E-state index is 0.847. The van der Waals surface area contributed by atoms with Gasteiger partial charge in [-0.15, -0.1) is 0 Å². The van der Waals surface area contributed by atoms with Crippen molar-refractivity contribution in [2.24, 2.45) is 5.92 Å². The molecule has 0 amide bonds. The molecule has 2 aliphatic rings. The van der Waals surface area contributed by atoms with Gasteiger partial charge in [-0.05, 0) is 25.8 Å². The lowest BCUT2D eigenvalue weighted by atomic mass is 9.83. The van der Waals surface area contributed by atoms with Crippen LogP contribution in [0.5, 0.6) is 0 Å². The first kappa shape index (κ1) is 7.56. The average molecular weight is 154 g/mol. The van der Waals surface area contributed by atoms with Gasteiger partial charge in [-0.1, -0.05) is 12.8 Å². The standard InChI is InChI=1S/C9H18N2/c1-11-6-8-4-2-3-5-9(8)10-7-11/h8-10H,2-7H2,1H3. The van der Waals surface area contributed by atoms with E-state index in [4.69, 9.17) is 0 Å². The summed E-state index contributed by atoms with van der Waals surface area (Å²) < 4.78 is 0.